The maximum Gasteiger partial charge on any atom is 0.317 e. The van der Waals surface area contributed by atoms with E-state index in [9.17, 15) is 14.4 Å². The third kappa shape index (κ3) is 4.69. The molecule has 0 aromatic heterocycles. The van der Waals surface area contributed by atoms with Crippen LogP contribution in [-0.4, -0.2) is 31.3 Å². The monoisotopic (exact) mass is 306 g/mol. The first-order chi connectivity index (χ1) is 10.4. The lowest BCUT2D eigenvalue weighted by Gasteiger charge is -2.23. The zero-order valence-electron chi connectivity index (χ0n) is 13.4. The molecule has 0 saturated heterocycles. The molecule has 22 heavy (non-hydrogen) atoms. The predicted octanol–water partition coefficient (Wildman–Crippen LogP) is 2.53. The molecule has 0 aliphatic rings. The average Bonchev–Trinajstić information content (AvgIpc) is 2.46. The van der Waals surface area contributed by atoms with Crippen LogP contribution in [0, 0.1) is 5.92 Å². The first kappa shape index (κ1) is 17.9. The molecule has 5 nitrogen and oxygen atoms in total. The van der Waals surface area contributed by atoms with Crippen molar-refractivity contribution in [2.45, 2.75) is 33.1 Å². The van der Waals surface area contributed by atoms with Gasteiger partial charge in [0.05, 0.1) is 13.7 Å². The van der Waals surface area contributed by atoms with E-state index >= 15 is 0 Å². The number of hydrogen-bond acceptors (Lipinski definition) is 5. The molecule has 0 radical (unpaired) electrons. The second-order valence-electron chi connectivity index (χ2n) is 5.13. The van der Waals surface area contributed by atoms with Crippen LogP contribution < -0.4 is 4.74 Å². The van der Waals surface area contributed by atoms with Crippen LogP contribution in [0.2, 0.25) is 0 Å². The van der Waals surface area contributed by atoms with Crippen LogP contribution >= 0.6 is 0 Å². The number of hydrogen-bond donors (Lipinski definition) is 0. The van der Waals surface area contributed by atoms with Gasteiger partial charge in [-0.25, -0.2) is 0 Å². The standard InChI is InChI=1S/C17H22O5/c1-5-22-17(20)16(12(3)19)15(10-11(2)18)13-6-8-14(21-4)9-7-13/h6-9,15-16H,5,10H2,1-4H3/t15-,16+/m0/s1. The molecule has 0 spiro atoms. The van der Waals surface area contributed by atoms with Gasteiger partial charge in [-0.1, -0.05) is 12.1 Å². The van der Waals surface area contributed by atoms with Crippen LogP contribution in [0.3, 0.4) is 0 Å². The van der Waals surface area contributed by atoms with E-state index in [-0.39, 0.29) is 24.6 Å². The second-order valence-corrected chi connectivity index (χ2v) is 5.13. The molecule has 0 aliphatic carbocycles. The van der Waals surface area contributed by atoms with Crippen LogP contribution in [-0.2, 0) is 19.1 Å². The zero-order chi connectivity index (χ0) is 16.7. The molecule has 120 valence electrons. The SMILES string of the molecule is CCOC(=O)[C@H](C(C)=O)[C@@H](CC(C)=O)c1ccc(OC)cc1. The number of ether oxygens (including phenoxy) is 2. The highest BCUT2D eigenvalue weighted by Crippen LogP contribution is 2.31. The van der Waals surface area contributed by atoms with E-state index in [0.717, 1.165) is 5.56 Å². The van der Waals surface area contributed by atoms with Crippen molar-refractivity contribution in [2.24, 2.45) is 5.92 Å². The Bertz CT molecular complexity index is 532. The quantitative estimate of drug-likeness (QED) is 0.545. The van der Waals surface area contributed by atoms with Gasteiger partial charge in [-0.3, -0.25) is 9.59 Å². The normalized spacial score (nSPS) is 13.1. The van der Waals surface area contributed by atoms with Crippen LogP contribution in [0.25, 0.3) is 0 Å². The van der Waals surface area contributed by atoms with Gasteiger partial charge in [0.1, 0.15) is 23.2 Å². The third-order valence-corrected chi connectivity index (χ3v) is 3.43. The molecule has 1 rings (SSSR count). The first-order valence-electron chi connectivity index (χ1n) is 7.21. The molecule has 1 aromatic rings. The van der Waals surface area contributed by atoms with E-state index in [1.54, 1.807) is 38.3 Å². The molecule has 0 N–H and O–H groups in total. The van der Waals surface area contributed by atoms with Crippen molar-refractivity contribution in [3.8, 4) is 5.75 Å². The highest BCUT2D eigenvalue weighted by Gasteiger charge is 2.35. The summed E-state index contributed by atoms with van der Waals surface area (Å²) >= 11 is 0. The van der Waals surface area contributed by atoms with E-state index in [0.29, 0.717) is 5.75 Å². The fourth-order valence-electron chi connectivity index (χ4n) is 2.43. The number of ketones is 2. The van der Waals surface area contributed by atoms with Crippen molar-refractivity contribution >= 4 is 17.5 Å². The summed E-state index contributed by atoms with van der Waals surface area (Å²) in [5, 5.41) is 0. The van der Waals surface area contributed by atoms with Gasteiger partial charge in [-0.15, -0.1) is 0 Å². The average molecular weight is 306 g/mol. The molecular weight excluding hydrogens is 284 g/mol. The topological polar surface area (TPSA) is 69.7 Å². The van der Waals surface area contributed by atoms with Crippen molar-refractivity contribution in [1.82, 2.24) is 0 Å². The Labute approximate surface area is 130 Å². The van der Waals surface area contributed by atoms with E-state index < -0.39 is 17.8 Å². The number of carbonyl (C=O) groups excluding carboxylic acids is 3. The molecule has 5 heteroatoms. The number of Topliss-reactive ketones (excluding diaryl/α,β-unsaturated/α-hetero) is 2. The van der Waals surface area contributed by atoms with Crippen molar-refractivity contribution in [2.75, 3.05) is 13.7 Å². The second kappa shape index (κ2) is 8.32. The summed E-state index contributed by atoms with van der Waals surface area (Å²) in [7, 11) is 1.55. The van der Waals surface area contributed by atoms with E-state index in [2.05, 4.69) is 0 Å². The van der Waals surface area contributed by atoms with Gasteiger partial charge in [0.25, 0.3) is 0 Å². The van der Waals surface area contributed by atoms with E-state index in [1.807, 2.05) is 0 Å². The summed E-state index contributed by atoms with van der Waals surface area (Å²) in [4.78, 5) is 35.6. The minimum atomic E-state index is -0.975. The molecule has 1 aromatic carbocycles. The highest BCUT2D eigenvalue weighted by atomic mass is 16.5. The Morgan fingerprint density at radius 3 is 2.09 bits per heavy atom. The zero-order valence-corrected chi connectivity index (χ0v) is 13.4. The number of methoxy groups -OCH3 is 1. The molecule has 0 amide bonds. The highest BCUT2D eigenvalue weighted by molar-refractivity contribution is 5.99. The molecule has 0 heterocycles. The molecule has 0 fully saturated rings. The Morgan fingerprint density at radius 1 is 1.09 bits per heavy atom. The Balaban J connectivity index is 3.19. The van der Waals surface area contributed by atoms with Crippen molar-refractivity contribution in [3.63, 3.8) is 0 Å². The molecule has 0 saturated carbocycles. The number of rotatable bonds is 8. The third-order valence-electron chi connectivity index (χ3n) is 3.43. The summed E-state index contributed by atoms with van der Waals surface area (Å²) in [6.45, 7) is 4.66. The van der Waals surface area contributed by atoms with E-state index in [1.165, 1.54) is 13.8 Å². The summed E-state index contributed by atoms with van der Waals surface area (Å²) in [5.74, 6) is -1.81. The van der Waals surface area contributed by atoms with Crippen molar-refractivity contribution < 1.29 is 23.9 Å². The first-order valence-corrected chi connectivity index (χ1v) is 7.21. The maximum atomic E-state index is 12.1. The van der Waals surface area contributed by atoms with Crippen LogP contribution in [0.15, 0.2) is 24.3 Å². The smallest absolute Gasteiger partial charge is 0.317 e. The molecule has 2 atom stereocenters. The molecule has 0 aliphatic heterocycles. The van der Waals surface area contributed by atoms with Gasteiger partial charge in [-0.05, 0) is 38.5 Å². The lowest BCUT2D eigenvalue weighted by Crippen LogP contribution is -2.31. The Hall–Kier alpha value is -2.17. The van der Waals surface area contributed by atoms with Crippen molar-refractivity contribution in [3.05, 3.63) is 29.8 Å². The molecule has 0 bridgehead atoms. The Kier molecular flexibility index (Phi) is 6.76. The van der Waals surface area contributed by atoms with Crippen molar-refractivity contribution in [1.29, 1.82) is 0 Å². The van der Waals surface area contributed by atoms with Gasteiger partial charge < -0.3 is 14.3 Å². The number of esters is 1. The predicted molar refractivity (Wildman–Crippen MR) is 81.8 cm³/mol. The lowest BCUT2D eigenvalue weighted by molar-refractivity contribution is -0.152. The largest absolute Gasteiger partial charge is 0.497 e. The summed E-state index contributed by atoms with van der Waals surface area (Å²) < 4.78 is 10.1. The molecule has 0 unspecified atom stereocenters. The number of benzene rings is 1. The maximum absolute atomic E-state index is 12.1. The van der Waals surface area contributed by atoms with Crippen LogP contribution in [0.4, 0.5) is 0 Å². The summed E-state index contributed by atoms with van der Waals surface area (Å²) in [5.41, 5.74) is 0.740. The van der Waals surface area contributed by atoms with Gasteiger partial charge in [0, 0.05) is 12.3 Å². The summed E-state index contributed by atoms with van der Waals surface area (Å²) in [6.07, 6.45) is 0.107. The van der Waals surface area contributed by atoms with Gasteiger partial charge in [-0.2, -0.15) is 0 Å². The lowest BCUT2D eigenvalue weighted by atomic mass is 9.80. The van der Waals surface area contributed by atoms with Gasteiger partial charge in [0.2, 0.25) is 0 Å². The minimum Gasteiger partial charge on any atom is -0.497 e. The fraction of sp³-hybridized carbons (Fsp3) is 0.471. The Morgan fingerprint density at radius 2 is 1.68 bits per heavy atom. The fourth-order valence-corrected chi connectivity index (χ4v) is 2.43. The van der Waals surface area contributed by atoms with Crippen LogP contribution in [0.1, 0.15) is 38.7 Å². The minimum absolute atomic E-state index is 0.0867. The number of carbonyl (C=O) groups is 3. The van der Waals surface area contributed by atoms with Gasteiger partial charge in [0.15, 0.2) is 0 Å². The van der Waals surface area contributed by atoms with Gasteiger partial charge >= 0.3 is 5.97 Å². The van der Waals surface area contributed by atoms with E-state index in [4.69, 9.17) is 9.47 Å². The van der Waals surface area contributed by atoms with Crippen LogP contribution in [0.5, 0.6) is 5.75 Å². The molecular formula is C17H22O5. The summed E-state index contributed by atoms with van der Waals surface area (Å²) in [6, 6.07) is 7.01.